The van der Waals surface area contributed by atoms with Crippen LogP contribution in [0, 0.1) is 0 Å². The highest BCUT2D eigenvalue weighted by atomic mass is 16.8. The normalized spacial score (nSPS) is 31.5. The molecule has 10 unspecified atom stereocenters. The summed E-state index contributed by atoms with van der Waals surface area (Å²) in [6.07, 6.45) is -17.6. The number of aromatic hydroxyl groups is 2. The Morgan fingerprint density at radius 3 is 2.04 bits per heavy atom. The van der Waals surface area contributed by atoms with E-state index in [2.05, 4.69) is 0 Å². The summed E-state index contributed by atoms with van der Waals surface area (Å²) in [5.74, 6) is -0.739. The van der Waals surface area contributed by atoms with Crippen LogP contribution in [0.5, 0.6) is 17.2 Å². The highest BCUT2D eigenvalue weighted by Crippen LogP contribution is 2.42. The van der Waals surface area contributed by atoms with Gasteiger partial charge in [-0.25, -0.2) is 0 Å². The van der Waals surface area contributed by atoms with Gasteiger partial charge in [-0.2, -0.15) is 0 Å². The molecule has 250 valence electrons. The molecule has 2 aromatic carbocycles. The fourth-order valence-corrected chi connectivity index (χ4v) is 5.39. The topological polar surface area (TPSA) is 249 Å². The quantitative estimate of drug-likeness (QED) is 0.148. The first kappa shape index (κ1) is 33.7. The lowest BCUT2D eigenvalue weighted by Crippen LogP contribution is -2.61. The van der Waals surface area contributed by atoms with E-state index < -0.39 is 78.3 Å². The molecule has 0 amide bonds. The zero-order chi connectivity index (χ0) is 33.6. The summed E-state index contributed by atoms with van der Waals surface area (Å²) in [7, 11) is 1.45. The van der Waals surface area contributed by atoms with Crippen molar-refractivity contribution in [2.75, 3.05) is 7.11 Å². The lowest BCUT2D eigenvalue weighted by Gasteiger charge is -2.44. The Balaban J connectivity index is 1.68. The minimum Gasteiger partial charge on any atom is -0.507 e. The maximum atomic E-state index is 14.3. The number of phenols is 2. The van der Waals surface area contributed by atoms with Gasteiger partial charge in [-0.1, -0.05) is 11.6 Å². The lowest BCUT2D eigenvalue weighted by atomic mass is 9.90. The zero-order valence-corrected chi connectivity index (χ0v) is 24.9. The summed E-state index contributed by atoms with van der Waals surface area (Å²) >= 11 is 0. The SMILES string of the molecule is COc1ccc(-c2oc3c(CC=C(C)C)c(O)cc(O)c3c(=O)c2C2OC(OC3OC(O)C(O)C(O)C3O)C(O)C(O)C2O)cc1. The molecule has 0 radical (unpaired) electrons. The van der Waals surface area contributed by atoms with E-state index in [1.807, 2.05) is 13.8 Å². The number of aliphatic hydroxyl groups is 7. The van der Waals surface area contributed by atoms with Crippen LogP contribution in [-0.4, -0.2) is 109 Å². The van der Waals surface area contributed by atoms with Gasteiger partial charge in [0.2, 0.25) is 5.43 Å². The summed E-state index contributed by atoms with van der Waals surface area (Å²) in [6.45, 7) is 3.66. The van der Waals surface area contributed by atoms with Gasteiger partial charge in [-0.15, -0.1) is 0 Å². The average molecular weight is 649 g/mol. The Morgan fingerprint density at radius 1 is 0.826 bits per heavy atom. The number of benzene rings is 2. The first-order chi connectivity index (χ1) is 21.7. The fourth-order valence-electron chi connectivity index (χ4n) is 5.39. The number of allylic oxidation sites excluding steroid dienone is 2. The van der Waals surface area contributed by atoms with E-state index in [1.54, 1.807) is 18.2 Å². The summed E-state index contributed by atoms with van der Waals surface area (Å²) in [5, 5.41) is 94.0. The predicted molar refractivity (Wildman–Crippen MR) is 157 cm³/mol. The van der Waals surface area contributed by atoms with Gasteiger partial charge in [0, 0.05) is 17.2 Å². The van der Waals surface area contributed by atoms with Gasteiger partial charge < -0.3 is 69.3 Å². The molecule has 9 N–H and O–H groups in total. The van der Waals surface area contributed by atoms with Crippen LogP contribution in [0.3, 0.4) is 0 Å². The van der Waals surface area contributed by atoms with Crippen molar-refractivity contribution in [1.29, 1.82) is 0 Å². The van der Waals surface area contributed by atoms with Crippen molar-refractivity contribution in [3.05, 3.63) is 63.3 Å². The summed E-state index contributed by atoms with van der Waals surface area (Å²) in [4.78, 5) is 14.3. The fraction of sp³-hybridized carbons (Fsp3) is 0.452. The van der Waals surface area contributed by atoms with Crippen LogP contribution in [0.25, 0.3) is 22.3 Å². The largest absolute Gasteiger partial charge is 0.507 e. The number of hydrogen-bond donors (Lipinski definition) is 9. The maximum Gasteiger partial charge on any atom is 0.203 e. The number of rotatable bonds is 7. The Kier molecular flexibility index (Phi) is 9.72. The van der Waals surface area contributed by atoms with E-state index in [0.29, 0.717) is 5.75 Å². The van der Waals surface area contributed by atoms with Crippen LogP contribution in [0.1, 0.15) is 31.1 Å². The van der Waals surface area contributed by atoms with Gasteiger partial charge in [-0.05, 0) is 44.5 Å². The van der Waals surface area contributed by atoms with Crippen molar-refractivity contribution in [2.45, 2.75) is 81.9 Å². The molecule has 2 aliphatic rings. The van der Waals surface area contributed by atoms with Crippen LogP contribution >= 0.6 is 0 Å². The summed E-state index contributed by atoms with van der Waals surface area (Å²) in [6, 6.07) is 7.14. The molecular weight excluding hydrogens is 612 g/mol. The molecule has 5 rings (SSSR count). The van der Waals surface area contributed by atoms with Crippen molar-refractivity contribution in [2.24, 2.45) is 0 Å². The van der Waals surface area contributed by atoms with Crippen molar-refractivity contribution in [3.63, 3.8) is 0 Å². The Bertz CT molecular complexity index is 1650. The summed E-state index contributed by atoms with van der Waals surface area (Å²) in [5.41, 5.74) is -0.165. The number of hydrogen-bond acceptors (Lipinski definition) is 15. The molecule has 1 aromatic heterocycles. The molecular formula is C31H36O15. The third-order valence-corrected chi connectivity index (χ3v) is 7.99. The lowest BCUT2D eigenvalue weighted by molar-refractivity contribution is -0.394. The molecule has 0 spiro atoms. The minimum atomic E-state index is -2.04. The monoisotopic (exact) mass is 648 g/mol. The molecule has 10 atom stereocenters. The van der Waals surface area contributed by atoms with Gasteiger partial charge in [0.05, 0.1) is 12.7 Å². The summed E-state index contributed by atoms with van der Waals surface area (Å²) < 4.78 is 27.7. The molecule has 2 aliphatic heterocycles. The van der Waals surface area contributed by atoms with Crippen molar-refractivity contribution in [1.82, 2.24) is 0 Å². The van der Waals surface area contributed by atoms with Crippen LogP contribution < -0.4 is 10.2 Å². The zero-order valence-electron chi connectivity index (χ0n) is 24.9. The standard InChI is InChI=1S/C31H36O15/c1-11(2)4-9-14-15(32)10-16(33)17-19(34)18(26(43-27(14)17)12-5-7-13(42-3)8-6-12)28-22(37)20(35)24(39)30(44-28)46-31-25(40)21(36)23(38)29(41)45-31/h4-8,10,20-25,28-33,35-41H,9H2,1-3H3. The minimum absolute atomic E-state index is 0.120. The van der Waals surface area contributed by atoms with E-state index in [-0.39, 0.29) is 40.0 Å². The number of phenolic OH excluding ortho intramolecular Hbond substituents is 2. The van der Waals surface area contributed by atoms with Crippen molar-refractivity contribution in [3.8, 4) is 28.6 Å². The Hall–Kier alpha value is -3.61. The number of fused-ring (bicyclic) bond motifs is 1. The Morgan fingerprint density at radius 2 is 1.43 bits per heavy atom. The van der Waals surface area contributed by atoms with Gasteiger partial charge in [0.1, 0.15) is 76.7 Å². The smallest absolute Gasteiger partial charge is 0.203 e. The Labute approximate surface area is 261 Å². The van der Waals surface area contributed by atoms with E-state index in [4.69, 9.17) is 23.4 Å². The highest BCUT2D eigenvalue weighted by Gasteiger charge is 2.51. The first-order valence-electron chi connectivity index (χ1n) is 14.3. The van der Waals surface area contributed by atoms with E-state index >= 15 is 0 Å². The number of ether oxygens (including phenoxy) is 4. The third-order valence-electron chi connectivity index (χ3n) is 7.99. The second-order valence-corrected chi connectivity index (χ2v) is 11.4. The number of aliphatic hydroxyl groups excluding tert-OH is 7. The van der Waals surface area contributed by atoms with Gasteiger partial charge in [0.25, 0.3) is 0 Å². The van der Waals surface area contributed by atoms with E-state index in [9.17, 15) is 50.8 Å². The van der Waals surface area contributed by atoms with Crippen LogP contribution in [0.15, 0.2) is 51.2 Å². The molecule has 46 heavy (non-hydrogen) atoms. The van der Waals surface area contributed by atoms with E-state index in [0.717, 1.165) is 11.6 Å². The molecule has 2 fully saturated rings. The van der Waals surface area contributed by atoms with Gasteiger partial charge >= 0.3 is 0 Å². The second-order valence-electron chi connectivity index (χ2n) is 11.4. The third kappa shape index (κ3) is 6.10. The molecule has 0 saturated carbocycles. The molecule has 2 saturated heterocycles. The maximum absolute atomic E-state index is 14.3. The van der Waals surface area contributed by atoms with E-state index in [1.165, 1.54) is 19.2 Å². The van der Waals surface area contributed by atoms with Gasteiger partial charge in [0.15, 0.2) is 18.9 Å². The van der Waals surface area contributed by atoms with Crippen molar-refractivity contribution < 1.29 is 69.3 Å². The second kappa shape index (κ2) is 13.2. The molecule has 3 aromatic rings. The van der Waals surface area contributed by atoms with Crippen molar-refractivity contribution >= 4 is 11.0 Å². The van der Waals surface area contributed by atoms with Crippen LogP contribution in [0.4, 0.5) is 0 Å². The average Bonchev–Trinajstić information content (AvgIpc) is 3.02. The van der Waals surface area contributed by atoms with Crippen LogP contribution in [0.2, 0.25) is 0 Å². The molecule has 0 aliphatic carbocycles. The number of methoxy groups -OCH3 is 1. The molecule has 15 heteroatoms. The predicted octanol–water partition coefficient (Wildman–Crippen LogP) is -0.357. The molecule has 0 bridgehead atoms. The van der Waals surface area contributed by atoms with Gasteiger partial charge in [-0.3, -0.25) is 4.79 Å². The molecule has 15 nitrogen and oxygen atoms in total. The van der Waals surface area contributed by atoms with Crippen LogP contribution in [-0.2, 0) is 20.6 Å². The first-order valence-corrected chi connectivity index (χ1v) is 14.3. The molecule has 3 heterocycles. The highest BCUT2D eigenvalue weighted by molar-refractivity contribution is 5.90.